The van der Waals surface area contributed by atoms with Gasteiger partial charge >= 0.3 is 0 Å². The van der Waals surface area contributed by atoms with Crippen molar-refractivity contribution in [2.24, 2.45) is 0 Å². The van der Waals surface area contributed by atoms with Crippen molar-refractivity contribution in [2.45, 2.75) is 19.3 Å². The Morgan fingerprint density at radius 3 is 2.15 bits per heavy atom. The molecule has 2 N–H and O–H groups in total. The van der Waals surface area contributed by atoms with Crippen molar-refractivity contribution >= 4 is 11.6 Å². The molecule has 1 aromatic carbocycles. The van der Waals surface area contributed by atoms with Gasteiger partial charge in [0.1, 0.15) is 11.5 Å². The fourth-order valence-electron chi connectivity index (χ4n) is 2.82. The molecule has 1 aromatic rings. The van der Waals surface area contributed by atoms with E-state index in [1.807, 2.05) is 4.90 Å². The summed E-state index contributed by atoms with van der Waals surface area (Å²) >= 11 is 0. The minimum absolute atomic E-state index is 0.0851. The van der Waals surface area contributed by atoms with E-state index in [0.29, 0.717) is 5.70 Å². The predicted octanol–water partition coefficient (Wildman–Crippen LogP) is 1.85. The van der Waals surface area contributed by atoms with Crippen LogP contribution in [-0.4, -0.2) is 39.8 Å². The highest BCUT2D eigenvalue weighted by molar-refractivity contribution is 6.26. The Morgan fingerprint density at radius 2 is 1.50 bits per heavy atom. The molecule has 0 atom stereocenters. The Balaban J connectivity index is 2.08. The second-order valence-electron chi connectivity index (χ2n) is 5.12. The Morgan fingerprint density at radius 1 is 0.900 bits per heavy atom. The summed E-state index contributed by atoms with van der Waals surface area (Å²) in [6.07, 6.45) is 4.36. The van der Waals surface area contributed by atoms with Crippen LogP contribution >= 0.6 is 0 Å². The Bertz CT molecular complexity index is 627. The summed E-state index contributed by atoms with van der Waals surface area (Å²) in [5.41, 5.74) is 0.136. The van der Waals surface area contributed by atoms with Crippen molar-refractivity contribution < 1.29 is 19.8 Å². The van der Waals surface area contributed by atoms with Gasteiger partial charge in [-0.2, -0.15) is 0 Å². The molecule has 5 heteroatoms. The largest absolute Gasteiger partial charge is 0.507 e. The van der Waals surface area contributed by atoms with Gasteiger partial charge in [-0.15, -0.1) is 0 Å². The molecule has 0 unspecified atom stereocenters. The molecule has 5 nitrogen and oxygen atoms in total. The van der Waals surface area contributed by atoms with Crippen molar-refractivity contribution in [3.63, 3.8) is 0 Å². The average Bonchev–Trinajstić information content (AvgIpc) is 2.46. The first kappa shape index (κ1) is 12.7. The van der Waals surface area contributed by atoms with Crippen LogP contribution in [0.25, 0.3) is 0 Å². The van der Waals surface area contributed by atoms with Gasteiger partial charge in [0.15, 0.2) is 5.78 Å². The number of phenols is 2. The maximum Gasteiger partial charge on any atom is 0.213 e. The van der Waals surface area contributed by atoms with Crippen molar-refractivity contribution in [1.29, 1.82) is 0 Å². The van der Waals surface area contributed by atoms with Crippen LogP contribution in [0, 0.1) is 0 Å². The van der Waals surface area contributed by atoms with Crippen molar-refractivity contribution in [3.8, 4) is 11.5 Å². The maximum absolute atomic E-state index is 12.5. The van der Waals surface area contributed by atoms with E-state index in [9.17, 15) is 19.8 Å². The molecule has 1 saturated heterocycles. The molecule has 1 aliphatic carbocycles. The molecule has 20 heavy (non-hydrogen) atoms. The van der Waals surface area contributed by atoms with Gasteiger partial charge in [0.2, 0.25) is 5.78 Å². The van der Waals surface area contributed by atoms with E-state index < -0.39 is 11.6 Å². The third-order valence-electron chi connectivity index (χ3n) is 3.83. The fourth-order valence-corrected chi connectivity index (χ4v) is 2.82. The molecule has 0 bridgehead atoms. The van der Waals surface area contributed by atoms with Crippen LogP contribution in [0.2, 0.25) is 0 Å². The molecule has 1 aliphatic heterocycles. The molecule has 0 amide bonds. The smallest absolute Gasteiger partial charge is 0.213 e. The molecular formula is C15H15NO4. The third-order valence-corrected chi connectivity index (χ3v) is 3.83. The molecule has 104 valence electrons. The van der Waals surface area contributed by atoms with Gasteiger partial charge in [0.25, 0.3) is 0 Å². The number of Topliss-reactive ketones (excluding diaryl/α,β-unsaturated/α-hetero) is 1. The number of benzene rings is 1. The molecule has 0 radical (unpaired) electrons. The zero-order valence-electron chi connectivity index (χ0n) is 10.9. The molecule has 0 aromatic heterocycles. The molecule has 0 spiro atoms. The number of phenolic OH excluding ortho intramolecular Hbond substituents is 2. The summed E-state index contributed by atoms with van der Waals surface area (Å²) in [5, 5.41) is 19.6. The molecule has 1 fully saturated rings. The highest BCUT2D eigenvalue weighted by Gasteiger charge is 2.33. The van der Waals surface area contributed by atoms with Crippen molar-refractivity contribution in [2.75, 3.05) is 13.1 Å². The molecule has 0 saturated carbocycles. The van der Waals surface area contributed by atoms with E-state index in [0.717, 1.165) is 32.4 Å². The zero-order chi connectivity index (χ0) is 14.3. The topological polar surface area (TPSA) is 77.8 Å². The third kappa shape index (κ3) is 1.86. The van der Waals surface area contributed by atoms with E-state index in [1.54, 1.807) is 0 Å². The first-order valence-electron chi connectivity index (χ1n) is 6.70. The SMILES string of the molecule is O=C1C=C(N2CCCCC2)C(=O)c2c(O)ccc(O)c21. The summed E-state index contributed by atoms with van der Waals surface area (Å²) in [4.78, 5) is 26.5. The lowest BCUT2D eigenvalue weighted by Gasteiger charge is -2.32. The number of fused-ring (bicyclic) bond motifs is 1. The summed E-state index contributed by atoms with van der Waals surface area (Å²) < 4.78 is 0. The number of allylic oxidation sites excluding steroid dienone is 2. The van der Waals surface area contributed by atoms with Gasteiger partial charge in [0.05, 0.1) is 16.8 Å². The number of nitrogens with zero attached hydrogens (tertiary/aromatic N) is 1. The zero-order valence-corrected chi connectivity index (χ0v) is 10.9. The second-order valence-corrected chi connectivity index (χ2v) is 5.12. The van der Waals surface area contributed by atoms with E-state index in [4.69, 9.17) is 0 Å². The summed E-state index contributed by atoms with van der Waals surface area (Å²) in [6.45, 7) is 1.47. The lowest BCUT2D eigenvalue weighted by atomic mass is 9.90. The standard InChI is InChI=1S/C15H15NO4/c17-10-4-5-11(18)14-13(10)12(19)8-9(15(14)20)16-6-2-1-3-7-16/h4-5,8,17-18H,1-3,6-7H2. The van der Waals surface area contributed by atoms with Gasteiger partial charge in [-0.1, -0.05) is 0 Å². The highest BCUT2D eigenvalue weighted by Crippen LogP contribution is 2.35. The van der Waals surface area contributed by atoms with E-state index in [2.05, 4.69) is 0 Å². The number of piperidine rings is 1. The first-order chi connectivity index (χ1) is 9.59. The fraction of sp³-hybridized carbons (Fsp3) is 0.333. The predicted molar refractivity (Wildman–Crippen MR) is 71.9 cm³/mol. The summed E-state index contributed by atoms with van der Waals surface area (Å²) in [5.74, 6) is -1.37. The number of ketones is 2. The Kier molecular flexibility index (Phi) is 2.97. The monoisotopic (exact) mass is 273 g/mol. The lowest BCUT2D eigenvalue weighted by Crippen LogP contribution is -2.35. The minimum Gasteiger partial charge on any atom is -0.507 e. The van der Waals surface area contributed by atoms with Gasteiger partial charge in [-0.05, 0) is 31.4 Å². The van der Waals surface area contributed by atoms with Crippen molar-refractivity contribution in [3.05, 3.63) is 35.0 Å². The molecule has 2 aliphatic rings. The maximum atomic E-state index is 12.5. The first-order valence-corrected chi connectivity index (χ1v) is 6.70. The Labute approximate surface area is 116 Å². The van der Waals surface area contributed by atoms with Gasteiger partial charge in [-0.25, -0.2) is 0 Å². The molecule has 3 rings (SSSR count). The molecular weight excluding hydrogens is 258 g/mol. The highest BCUT2D eigenvalue weighted by atomic mass is 16.3. The summed E-state index contributed by atoms with van der Waals surface area (Å²) in [6, 6.07) is 2.46. The number of aromatic hydroxyl groups is 2. The van der Waals surface area contributed by atoms with E-state index in [-0.39, 0.29) is 22.6 Å². The van der Waals surface area contributed by atoms with Gasteiger partial charge < -0.3 is 15.1 Å². The van der Waals surface area contributed by atoms with Crippen LogP contribution in [0.15, 0.2) is 23.9 Å². The molecule has 1 heterocycles. The van der Waals surface area contributed by atoms with Crippen LogP contribution in [0.4, 0.5) is 0 Å². The van der Waals surface area contributed by atoms with Crippen LogP contribution in [-0.2, 0) is 0 Å². The van der Waals surface area contributed by atoms with Crippen molar-refractivity contribution in [1.82, 2.24) is 4.90 Å². The number of rotatable bonds is 1. The number of carbonyl (C=O) groups excluding carboxylic acids is 2. The van der Waals surface area contributed by atoms with Crippen LogP contribution in [0.5, 0.6) is 11.5 Å². The number of hydrogen-bond acceptors (Lipinski definition) is 5. The number of carbonyl (C=O) groups is 2. The van der Waals surface area contributed by atoms with Gasteiger partial charge in [0, 0.05) is 19.2 Å². The minimum atomic E-state index is -0.437. The van der Waals surface area contributed by atoms with Gasteiger partial charge in [-0.3, -0.25) is 9.59 Å². The summed E-state index contributed by atoms with van der Waals surface area (Å²) in [7, 11) is 0. The normalized spacial score (nSPS) is 18.8. The second kappa shape index (κ2) is 4.67. The lowest BCUT2D eigenvalue weighted by molar-refractivity contribution is 0.0939. The quantitative estimate of drug-likeness (QED) is 0.763. The van der Waals surface area contributed by atoms with Crippen LogP contribution in [0.1, 0.15) is 40.0 Å². The number of likely N-dealkylation sites (tertiary alicyclic amines) is 1. The van der Waals surface area contributed by atoms with Crippen LogP contribution in [0.3, 0.4) is 0 Å². The van der Waals surface area contributed by atoms with E-state index in [1.165, 1.54) is 18.2 Å². The van der Waals surface area contributed by atoms with Crippen LogP contribution < -0.4 is 0 Å². The Hall–Kier alpha value is -2.30. The van der Waals surface area contributed by atoms with E-state index >= 15 is 0 Å². The average molecular weight is 273 g/mol. The number of hydrogen-bond donors (Lipinski definition) is 2.